The third-order valence-electron chi connectivity index (χ3n) is 3.89. The molecule has 0 aromatic heterocycles. The van der Waals surface area contributed by atoms with Crippen LogP contribution >= 0.6 is 0 Å². The summed E-state index contributed by atoms with van der Waals surface area (Å²) in [5.41, 5.74) is 0.183. The fourth-order valence-electron chi connectivity index (χ4n) is 2.83. The third kappa shape index (κ3) is 3.56. The maximum absolute atomic E-state index is 12.5. The zero-order chi connectivity index (χ0) is 19.3. The highest BCUT2D eigenvalue weighted by Crippen LogP contribution is 2.35. The average molecular weight is 357 g/mol. The molecule has 2 N–H and O–H groups in total. The summed E-state index contributed by atoms with van der Waals surface area (Å²) < 4.78 is 4.95. The number of carbonyl (C=O) groups excluding carboxylic acids is 3. The Bertz CT molecular complexity index is 887. The van der Waals surface area contributed by atoms with E-state index in [1.165, 1.54) is 24.3 Å². The second kappa shape index (κ2) is 8.24. The van der Waals surface area contributed by atoms with Crippen LogP contribution in [0.4, 0.5) is 0 Å². The van der Waals surface area contributed by atoms with Gasteiger partial charge in [0.25, 0.3) is 12.4 Å². The van der Waals surface area contributed by atoms with E-state index in [4.69, 9.17) is 4.74 Å². The maximum atomic E-state index is 12.5. The fraction of sp³-hybridized carbons (Fsp3) is 0.263. The van der Waals surface area contributed by atoms with Crippen LogP contribution in [-0.4, -0.2) is 35.8 Å². The largest absolute Gasteiger partial charge is 0.478 e. The van der Waals surface area contributed by atoms with Gasteiger partial charge in [0, 0.05) is 29.3 Å². The minimum atomic E-state index is -1.24. The van der Waals surface area contributed by atoms with E-state index in [0.717, 1.165) is 0 Å². The number of ether oxygens (including phenoxy) is 1. The van der Waals surface area contributed by atoms with Gasteiger partial charge >= 0.3 is 5.97 Å². The number of Topliss-reactive ketones (excluding diaryl/α,β-unsaturated/α-hetero) is 1. The van der Waals surface area contributed by atoms with E-state index < -0.39 is 11.9 Å². The quantitative estimate of drug-likeness (QED) is 0.555. The Morgan fingerprint density at radius 1 is 1.04 bits per heavy atom. The van der Waals surface area contributed by atoms with Crippen molar-refractivity contribution in [2.24, 2.45) is 0 Å². The van der Waals surface area contributed by atoms with E-state index in [2.05, 4.69) is 5.32 Å². The summed E-state index contributed by atoms with van der Waals surface area (Å²) in [6.07, 6.45) is 0.818. The summed E-state index contributed by atoms with van der Waals surface area (Å²) in [6.45, 7) is 4.13. The van der Waals surface area contributed by atoms with E-state index in [1.54, 1.807) is 6.92 Å². The van der Waals surface area contributed by atoms with Gasteiger partial charge in [-0.2, -0.15) is 0 Å². The number of carboxylic acid groups (broad SMARTS) is 1. The number of carbonyl (C=O) groups is 4. The molecule has 0 aliphatic heterocycles. The van der Waals surface area contributed by atoms with Crippen LogP contribution in [-0.2, 0) is 4.79 Å². The van der Waals surface area contributed by atoms with Crippen molar-refractivity contribution in [1.29, 1.82) is 0 Å². The van der Waals surface area contributed by atoms with Crippen LogP contribution in [0.1, 0.15) is 57.8 Å². The molecule has 0 aliphatic carbocycles. The highest BCUT2D eigenvalue weighted by molar-refractivity contribution is 6.21. The van der Waals surface area contributed by atoms with Crippen LogP contribution in [0.2, 0.25) is 0 Å². The fourth-order valence-corrected chi connectivity index (χ4v) is 2.83. The molecule has 136 valence electrons. The molecule has 2 aromatic rings. The van der Waals surface area contributed by atoms with Crippen LogP contribution in [0, 0.1) is 0 Å². The molecule has 0 saturated carbocycles. The molecule has 0 fully saturated rings. The summed E-state index contributed by atoms with van der Waals surface area (Å²) in [5.74, 6) is -1.92. The average Bonchev–Trinajstić information content (AvgIpc) is 2.61. The zero-order valence-corrected chi connectivity index (χ0v) is 14.5. The van der Waals surface area contributed by atoms with Crippen LogP contribution in [0.15, 0.2) is 24.3 Å². The van der Waals surface area contributed by atoms with Gasteiger partial charge in [-0.3, -0.25) is 14.4 Å². The molecule has 0 heterocycles. The molecule has 2 aromatic carbocycles. The normalized spacial score (nSPS) is 10.4. The van der Waals surface area contributed by atoms with Crippen LogP contribution < -0.4 is 10.1 Å². The molecule has 0 unspecified atom stereocenters. The first-order valence-corrected chi connectivity index (χ1v) is 8.20. The highest BCUT2D eigenvalue weighted by Gasteiger charge is 2.23. The summed E-state index contributed by atoms with van der Waals surface area (Å²) in [4.78, 5) is 47.5. The Morgan fingerprint density at radius 3 is 2.27 bits per heavy atom. The van der Waals surface area contributed by atoms with Gasteiger partial charge in [0.15, 0.2) is 5.78 Å². The lowest BCUT2D eigenvalue weighted by Crippen LogP contribution is -2.23. The molecule has 2 rings (SSSR count). The number of nitrogens with one attached hydrogen (secondary N) is 1. The first kappa shape index (κ1) is 19.1. The molecule has 7 heteroatoms. The van der Waals surface area contributed by atoms with Crippen LogP contribution in [0.5, 0.6) is 5.75 Å². The number of rotatable bonds is 8. The van der Waals surface area contributed by atoms with E-state index in [1.807, 2.05) is 6.92 Å². The second-order valence-electron chi connectivity index (χ2n) is 5.57. The van der Waals surface area contributed by atoms with E-state index in [9.17, 15) is 24.3 Å². The van der Waals surface area contributed by atoms with Gasteiger partial charge in [-0.15, -0.1) is 0 Å². The number of fused-ring (bicyclic) bond motifs is 1. The van der Waals surface area contributed by atoms with Crippen molar-refractivity contribution in [3.63, 3.8) is 0 Å². The minimum Gasteiger partial charge on any atom is -0.478 e. The van der Waals surface area contributed by atoms with E-state index >= 15 is 0 Å². The first-order chi connectivity index (χ1) is 12.5. The van der Waals surface area contributed by atoms with Gasteiger partial charge in [0.1, 0.15) is 5.75 Å². The zero-order valence-electron chi connectivity index (χ0n) is 14.5. The number of carboxylic acids is 1. The molecular formula is C19H19NO6. The Kier molecular flexibility index (Phi) is 6.06. The van der Waals surface area contributed by atoms with Gasteiger partial charge in [0.05, 0.1) is 11.1 Å². The number of hydrogen-bond acceptors (Lipinski definition) is 5. The number of ketones is 1. The van der Waals surface area contributed by atoms with Gasteiger partial charge in [0.2, 0.25) is 0 Å². The SMILES string of the molecule is CCCC(=O)c1ccc(OC=O)c2c(C(=O)NCC)ccc(C(=O)O)c12. The van der Waals surface area contributed by atoms with Gasteiger partial charge in [-0.25, -0.2) is 4.79 Å². The van der Waals surface area contributed by atoms with Crippen LogP contribution in [0.3, 0.4) is 0 Å². The second-order valence-corrected chi connectivity index (χ2v) is 5.57. The van der Waals surface area contributed by atoms with E-state index in [0.29, 0.717) is 13.0 Å². The lowest BCUT2D eigenvalue weighted by Gasteiger charge is -2.15. The molecule has 7 nitrogen and oxygen atoms in total. The monoisotopic (exact) mass is 357 g/mol. The summed E-state index contributed by atoms with van der Waals surface area (Å²) >= 11 is 0. The Labute approximate surface area is 150 Å². The topological polar surface area (TPSA) is 110 Å². The van der Waals surface area contributed by atoms with Gasteiger partial charge < -0.3 is 15.2 Å². The Morgan fingerprint density at radius 2 is 1.69 bits per heavy atom. The number of amides is 1. The molecule has 26 heavy (non-hydrogen) atoms. The highest BCUT2D eigenvalue weighted by atomic mass is 16.5. The van der Waals surface area contributed by atoms with Crippen molar-refractivity contribution in [2.75, 3.05) is 6.54 Å². The van der Waals surface area contributed by atoms with Crippen molar-refractivity contribution in [3.05, 3.63) is 41.0 Å². The number of benzene rings is 2. The van der Waals surface area contributed by atoms with Gasteiger partial charge in [-0.1, -0.05) is 6.92 Å². The Hall–Kier alpha value is -3.22. The Balaban J connectivity index is 2.95. The molecule has 0 aliphatic rings. The first-order valence-electron chi connectivity index (χ1n) is 8.20. The summed E-state index contributed by atoms with van der Waals surface area (Å²) in [7, 11) is 0. The number of hydrogen-bond donors (Lipinski definition) is 2. The maximum Gasteiger partial charge on any atom is 0.336 e. The standard InChI is InChI=1S/C19H19NO6/c1-3-5-14(22)11-8-9-15(26-10-21)17-12(18(23)20-4-2)6-7-13(16(11)17)19(24)25/h6-10H,3-5H2,1-2H3,(H,20,23)(H,24,25). The molecule has 0 spiro atoms. The predicted octanol–water partition coefficient (Wildman–Crippen LogP) is 2.81. The smallest absolute Gasteiger partial charge is 0.336 e. The minimum absolute atomic E-state index is 0.0207. The lowest BCUT2D eigenvalue weighted by molar-refractivity contribution is -0.120. The summed E-state index contributed by atoms with van der Waals surface area (Å²) in [5, 5.41) is 12.4. The molecule has 1 amide bonds. The van der Waals surface area contributed by atoms with Crippen molar-refractivity contribution in [3.8, 4) is 5.75 Å². The van der Waals surface area contributed by atoms with Crippen molar-refractivity contribution in [2.45, 2.75) is 26.7 Å². The van der Waals surface area contributed by atoms with Crippen molar-refractivity contribution >= 4 is 34.9 Å². The molecule has 0 atom stereocenters. The molecule has 0 bridgehead atoms. The predicted molar refractivity (Wildman–Crippen MR) is 94.8 cm³/mol. The van der Waals surface area contributed by atoms with Gasteiger partial charge in [-0.05, 0) is 37.6 Å². The van der Waals surface area contributed by atoms with Crippen molar-refractivity contribution < 1.29 is 29.0 Å². The summed E-state index contributed by atoms with van der Waals surface area (Å²) in [6, 6.07) is 5.45. The molecule has 0 saturated heterocycles. The van der Waals surface area contributed by atoms with E-state index in [-0.39, 0.29) is 51.9 Å². The number of aromatic carboxylic acids is 1. The van der Waals surface area contributed by atoms with Crippen LogP contribution in [0.25, 0.3) is 10.8 Å². The van der Waals surface area contributed by atoms with Crippen molar-refractivity contribution in [1.82, 2.24) is 5.32 Å². The lowest BCUT2D eigenvalue weighted by atomic mass is 9.91. The molecule has 0 radical (unpaired) electrons. The third-order valence-corrected chi connectivity index (χ3v) is 3.89. The molecular weight excluding hydrogens is 338 g/mol.